The molecule has 8 heteroatoms. The SMILES string of the molecule is CC(C)CSc1nnc(SCC(=O)N[C@@](C)(C#N)C(C)C)s1. The molecule has 1 amide bonds. The van der Waals surface area contributed by atoms with E-state index in [1.54, 1.807) is 18.7 Å². The number of rotatable bonds is 8. The van der Waals surface area contributed by atoms with E-state index in [0.29, 0.717) is 5.92 Å². The van der Waals surface area contributed by atoms with Gasteiger partial charge in [0.2, 0.25) is 5.91 Å². The zero-order valence-electron chi connectivity index (χ0n) is 13.5. The first-order valence-corrected chi connectivity index (χ1v) is 9.87. The van der Waals surface area contributed by atoms with Gasteiger partial charge in [-0.05, 0) is 18.8 Å². The summed E-state index contributed by atoms with van der Waals surface area (Å²) in [5.74, 6) is 1.75. The highest BCUT2D eigenvalue weighted by Gasteiger charge is 2.29. The van der Waals surface area contributed by atoms with Crippen molar-refractivity contribution in [2.24, 2.45) is 11.8 Å². The van der Waals surface area contributed by atoms with Crippen LogP contribution in [0.3, 0.4) is 0 Å². The van der Waals surface area contributed by atoms with Gasteiger partial charge in [0.05, 0.1) is 11.8 Å². The third kappa shape index (κ3) is 6.15. The van der Waals surface area contributed by atoms with E-state index in [4.69, 9.17) is 0 Å². The largest absolute Gasteiger partial charge is 0.337 e. The third-order valence-corrected chi connectivity index (χ3v) is 6.66. The molecule has 0 bridgehead atoms. The first kappa shape index (κ1) is 19.3. The smallest absolute Gasteiger partial charge is 0.231 e. The van der Waals surface area contributed by atoms with E-state index in [0.717, 1.165) is 14.4 Å². The van der Waals surface area contributed by atoms with Crippen molar-refractivity contribution in [3.63, 3.8) is 0 Å². The molecule has 0 spiro atoms. The highest BCUT2D eigenvalue weighted by Crippen LogP contribution is 2.29. The molecule has 0 fully saturated rings. The van der Waals surface area contributed by atoms with E-state index in [1.807, 2.05) is 13.8 Å². The van der Waals surface area contributed by atoms with Gasteiger partial charge in [0.25, 0.3) is 0 Å². The van der Waals surface area contributed by atoms with E-state index in [9.17, 15) is 10.1 Å². The van der Waals surface area contributed by atoms with Gasteiger partial charge in [0.1, 0.15) is 5.54 Å². The van der Waals surface area contributed by atoms with Gasteiger partial charge in [-0.2, -0.15) is 5.26 Å². The van der Waals surface area contributed by atoms with Crippen molar-refractivity contribution >= 4 is 40.8 Å². The van der Waals surface area contributed by atoms with Crippen LogP contribution in [-0.4, -0.2) is 33.1 Å². The molecule has 1 N–H and O–H groups in total. The molecule has 122 valence electrons. The monoisotopic (exact) mass is 358 g/mol. The van der Waals surface area contributed by atoms with Crippen molar-refractivity contribution in [3.05, 3.63) is 0 Å². The number of aromatic nitrogens is 2. The van der Waals surface area contributed by atoms with Crippen LogP contribution in [0.5, 0.6) is 0 Å². The Hall–Kier alpha value is -0.780. The summed E-state index contributed by atoms with van der Waals surface area (Å²) in [6, 6.07) is 2.17. The molecule has 1 atom stereocenters. The summed E-state index contributed by atoms with van der Waals surface area (Å²) in [6.45, 7) is 9.90. The molecular weight excluding hydrogens is 336 g/mol. The maximum absolute atomic E-state index is 12.0. The molecule has 1 heterocycles. The minimum atomic E-state index is -0.836. The summed E-state index contributed by atoms with van der Waals surface area (Å²) >= 11 is 4.55. The predicted molar refractivity (Wildman–Crippen MR) is 93.2 cm³/mol. The molecular formula is C14H22N4OS3. The fraction of sp³-hybridized carbons (Fsp3) is 0.714. The number of amides is 1. The molecule has 5 nitrogen and oxygen atoms in total. The number of thioether (sulfide) groups is 2. The Labute approximate surface area is 144 Å². The second-order valence-corrected chi connectivity index (χ2v) is 9.31. The fourth-order valence-corrected chi connectivity index (χ4v) is 4.10. The van der Waals surface area contributed by atoms with Crippen LogP contribution < -0.4 is 5.32 Å². The van der Waals surface area contributed by atoms with Gasteiger partial charge >= 0.3 is 0 Å². The Morgan fingerprint density at radius 1 is 1.32 bits per heavy atom. The second-order valence-electron chi connectivity index (χ2n) is 5.84. The summed E-state index contributed by atoms with van der Waals surface area (Å²) in [7, 11) is 0. The molecule has 0 aliphatic heterocycles. The van der Waals surface area contributed by atoms with Crippen LogP contribution in [0.15, 0.2) is 8.68 Å². The number of nitriles is 1. The van der Waals surface area contributed by atoms with Crippen LogP contribution in [0.4, 0.5) is 0 Å². The van der Waals surface area contributed by atoms with Crippen LogP contribution in [0.1, 0.15) is 34.6 Å². The lowest BCUT2D eigenvalue weighted by molar-refractivity contribution is -0.120. The minimum absolute atomic E-state index is 0.0482. The Bertz CT molecular complexity index is 538. The van der Waals surface area contributed by atoms with Crippen LogP contribution in [0, 0.1) is 23.2 Å². The number of carbonyl (C=O) groups excluding carboxylic acids is 1. The van der Waals surface area contributed by atoms with Crippen molar-refractivity contribution in [3.8, 4) is 6.07 Å². The van der Waals surface area contributed by atoms with E-state index in [1.165, 1.54) is 23.1 Å². The molecule has 22 heavy (non-hydrogen) atoms. The Kier molecular flexibility index (Phi) is 7.66. The van der Waals surface area contributed by atoms with Crippen molar-refractivity contribution in [2.45, 2.75) is 48.8 Å². The first-order valence-electron chi connectivity index (χ1n) is 7.08. The van der Waals surface area contributed by atoms with Crippen LogP contribution in [-0.2, 0) is 4.79 Å². The molecule has 1 aromatic rings. The van der Waals surface area contributed by atoms with Crippen molar-refractivity contribution < 1.29 is 4.79 Å². The summed E-state index contributed by atoms with van der Waals surface area (Å²) in [6.07, 6.45) is 0. The van der Waals surface area contributed by atoms with Gasteiger partial charge in [-0.3, -0.25) is 4.79 Å². The summed E-state index contributed by atoms with van der Waals surface area (Å²) < 4.78 is 1.71. The summed E-state index contributed by atoms with van der Waals surface area (Å²) in [5, 5.41) is 20.2. The van der Waals surface area contributed by atoms with Gasteiger partial charge in [-0.25, -0.2) is 0 Å². The number of nitrogens with one attached hydrogen (secondary N) is 1. The van der Waals surface area contributed by atoms with E-state index >= 15 is 0 Å². The lowest BCUT2D eigenvalue weighted by Crippen LogP contribution is -2.49. The van der Waals surface area contributed by atoms with Crippen molar-refractivity contribution in [2.75, 3.05) is 11.5 Å². The average Bonchev–Trinajstić information content (AvgIpc) is 2.90. The van der Waals surface area contributed by atoms with Gasteiger partial charge in [-0.1, -0.05) is 62.6 Å². The van der Waals surface area contributed by atoms with Gasteiger partial charge in [-0.15, -0.1) is 10.2 Å². The quantitative estimate of drug-likeness (QED) is 0.717. The maximum atomic E-state index is 12.0. The zero-order valence-corrected chi connectivity index (χ0v) is 16.0. The molecule has 0 radical (unpaired) electrons. The number of hydrogen-bond acceptors (Lipinski definition) is 7. The normalized spacial score (nSPS) is 13.9. The second kappa shape index (κ2) is 8.75. The predicted octanol–water partition coefficient (Wildman–Crippen LogP) is 3.43. The molecule has 0 aliphatic carbocycles. The van der Waals surface area contributed by atoms with Crippen LogP contribution >= 0.6 is 34.9 Å². The molecule has 0 saturated heterocycles. The number of hydrogen-bond donors (Lipinski definition) is 1. The van der Waals surface area contributed by atoms with Gasteiger partial charge < -0.3 is 5.32 Å². The van der Waals surface area contributed by atoms with Crippen LogP contribution in [0.25, 0.3) is 0 Å². The van der Waals surface area contributed by atoms with Gasteiger partial charge in [0.15, 0.2) is 8.68 Å². The molecule has 0 aromatic carbocycles. The Balaban J connectivity index is 2.46. The molecule has 1 aromatic heterocycles. The van der Waals surface area contributed by atoms with Crippen molar-refractivity contribution in [1.29, 1.82) is 5.26 Å². The maximum Gasteiger partial charge on any atom is 0.231 e. The summed E-state index contributed by atoms with van der Waals surface area (Å²) in [4.78, 5) is 12.0. The number of nitrogens with zero attached hydrogens (tertiary/aromatic N) is 3. The number of carbonyl (C=O) groups is 1. The average molecular weight is 359 g/mol. The highest BCUT2D eigenvalue weighted by atomic mass is 32.2. The fourth-order valence-electron chi connectivity index (χ4n) is 1.31. The Morgan fingerprint density at radius 3 is 2.41 bits per heavy atom. The lowest BCUT2D eigenvalue weighted by atomic mass is 9.90. The standard InChI is InChI=1S/C14H22N4OS3/c1-9(2)6-20-12-17-18-13(22-12)21-7-11(19)16-14(5,8-15)10(3)4/h9-10H,6-7H2,1-5H3,(H,16,19)/t14-/m0/s1. The van der Waals surface area contributed by atoms with E-state index < -0.39 is 5.54 Å². The third-order valence-electron chi connectivity index (χ3n) is 3.04. The van der Waals surface area contributed by atoms with Crippen molar-refractivity contribution in [1.82, 2.24) is 15.5 Å². The molecule has 0 aliphatic rings. The highest BCUT2D eigenvalue weighted by molar-refractivity contribution is 8.03. The zero-order chi connectivity index (χ0) is 16.8. The molecule has 1 rings (SSSR count). The summed E-state index contributed by atoms with van der Waals surface area (Å²) in [5.41, 5.74) is -0.836. The van der Waals surface area contributed by atoms with Gasteiger partial charge in [0, 0.05) is 5.75 Å². The first-order chi connectivity index (χ1) is 10.3. The van der Waals surface area contributed by atoms with E-state index in [2.05, 4.69) is 35.4 Å². The Morgan fingerprint density at radius 2 is 1.91 bits per heavy atom. The van der Waals surface area contributed by atoms with Crippen LogP contribution in [0.2, 0.25) is 0 Å². The topological polar surface area (TPSA) is 78.7 Å². The lowest BCUT2D eigenvalue weighted by Gasteiger charge is -2.27. The molecule has 0 unspecified atom stereocenters. The minimum Gasteiger partial charge on any atom is -0.337 e. The van der Waals surface area contributed by atoms with E-state index in [-0.39, 0.29) is 17.6 Å². The molecule has 0 saturated carbocycles.